The van der Waals surface area contributed by atoms with Gasteiger partial charge in [-0.2, -0.15) is 5.26 Å². The van der Waals surface area contributed by atoms with E-state index in [1.54, 1.807) is 0 Å². The topological polar surface area (TPSA) is 27.0 Å². The highest BCUT2D eigenvalue weighted by Gasteiger charge is 2.44. The number of nitrogens with zero attached hydrogens (tertiary/aromatic N) is 2. The van der Waals surface area contributed by atoms with Gasteiger partial charge >= 0.3 is 0 Å². The zero-order valence-electron chi connectivity index (χ0n) is 11.2. The molecule has 3 unspecified atom stereocenters. The predicted octanol–water partition coefficient (Wildman–Crippen LogP) is 3.07. The monoisotopic (exact) mass is 220 g/mol. The van der Waals surface area contributed by atoms with Crippen LogP contribution in [0.1, 0.15) is 33.6 Å². The van der Waals surface area contributed by atoms with Crippen LogP contribution in [0.2, 0.25) is 0 Å². The molecule has 3 atom stereocenters. The van der Waals surface area contributed by atoms with Crippen LogP contribution in [0.5, 0.6) is 0 Å². The van der Waals surface area contributed by atoms with E-state index in [0.717, 1.165) is 6.42 Å². The lowest BCUT2D eigenvalue weighted by Crippen LogP contribution is -2.47. The smallest absolute Gasteiger partial charge is 0.104 e. The van der Waals surface area contributed by atoms with Crippen molar-refractivity contribution in [3.63, 3.8) is 0 Å². The normalized spacial score (nSPS) is 31.2. The van der Waals surface area contributed by atoms with E-state index < -0.39 is 0 Å². The van der Waals surface area contributed by atoms with E-state index in [9.17, 15) is 5.26 Å². The summed E-state index contributed by atoms with van der Waals surface area (Å²) in [6.45, 7) is 11.1. The Hall–Kier alpha value is -0.810. The highest BCUT2D eigenvalue weighted by Crippen LogP contribution is 2.48. The first-order chi connectivity index (χ1) is 7.32. The largest absolute Gasteiger partial charge is 0.294 e. The first-order valence-electron chi connectivity index (χ1n) is 6.06. The van der Waals surface area contributed by atoms with Crippen LogP contribution in [0, 0.1) is 28.6 Å². The molecule has 0 heterocycles. The molecule has 0 spiro atoms. The van der Waals surface area contributed by atoms with E-state index in [1.165, 1.54) is 12.0 Å². The average molecular weight is 220 g/mol. The molecule has 0 saturated heterocycles. The summed E-state index contributed by atoms with van der Waals surface area (Å²) in [5.41, 5.74) is 1.42. The van der Waals surface area contributed by atoms with Gasteiger partial charge < -0.3 is 0 Å². The molecule has 0 aliphatic heterocycles. The molecule has 90 valence electrons. The van der Waals surface area contributed by atoms with Crippen molar-refractivity contribution in [1.82, 2.24) is 4.90 Å². The third kappa shape index (κ3) is 2.15. The van der Waals surface area contributed by atoms with Crippen molar-refractivity contribution >= 4 is 0 Å². The standard InChI is InChI=1S/C14H24N2/c1-10-7-8-11(2)14(3,4)13(10)12(9-15)16(5)6/h11-13H,1,7-8H2,2-6H3. The van der Waals surface area contributed by atoms with Crippen molar-refractivity contribution in [3.05, 3.63) is 12.2 Å². The Balaban J connectivity index is 3.06. The van der Waals surface area contributed by atoms with E-state index in [4.69, 9.17) is 0 Å². The minimum absolute atomic E-state index is 0.0507. The summed E-state index contributed by atoms with van der Waals surface area (Å²) in [6.07, 6.45) is 2.27. The van der Waals surface area contributed by atoms with Crippen molar-refractivity contribution in [1.29, 1.82) is 5.26 Å². The molecule has 2 heteroatoms. The van der Waals surface area contributed by atoms with Gasteiger partial charge in [0.1, 0.15) is 6.04 Å². The van der Waals surface area contributed by atoms with E-state index in [1.807, 2.05) is 19.0 Å². The van der Waals surface area contributed by atoms with Crippen molar-refractivity contribution in [2.75, 3.05) is 14.1 Å². The molecule has 1 rings (SSSR count). The second-order valence-corrected chi connectivity index (χ2v) is 5.93. The van der Waals surface area contributed by atoms with Gasteiger partial charge in [-0.3, -0.25) is 4.90 Å². The zero-order valence-corrected chi connectivity index (χ0v) is 11.2. The second kappa shape index (κ2) is 4.59. The molecule has 1 aliphatic rings. The van der Waals surface area contributed by atoms with Crippen molar-refractivity contribution < 1.29 is 0 Å². The highest BCUT2D eigenvalue weighted by atomic mass is 15.1. The van der Waals surface area contributed by atoms with E-state index in [-0.39, 0.29) is 17.4 Å². The van der Waals surface area contributed by atoms with Gasteiger partial charge in [-0.05, 0) is 38.3 Å². The van der Waals surface area contributed by atoms with Gasteiger partial charge in [-0.25, -0.2) is 0 Å². The first kappa shape index (κ1) is 13.3. The molecule has 1 saturated carbocycles. The van der Waals surface area contributed by atoms with E-state index >= 15 is 0 Å². The van der Waals surface area contributed by atoms with Crippen LogP contribution in [-0.2, 0) is 0 Å². The van der Waals surface area contributed by atoms with Gasteiger partial charge in [-0.15, -0.1) is 0 Å². The van der Waals surface area contributed by atoms with Gasteiger partial charge in [0, 0.05) is 5.92 Å². The fourth-order valence-electron chi connectivity index (χ4n) is 2.88. The third-order valence-electron chi connectivity index (χ3n) is 4.41. The Labute approximate surface area is 99.9 Å². The molecular weight excluding hydrogens is 196 g/mol. The van der Waals surface area contributed by atoms with Crippen molar-refractivity contribution in [3.8, 4) is 6.07 Å². The molecule has 1 aliphatic carbocycles. The van der Waals surface area contributed by atoms with Crippen LogP contribution in [0.25, 0.3) is 0 Å². The molecule has 0 bridgehead atoms. The average Bonchev–Trinajstić information content (AvgIpc) is 2.18. The SMILES string of the molecule is C=C1CCC(C)C(C)(C)C1C(C#N)N(C)C. The van der Waals surface area contributed by atoms with E-state index in [2.05, 4.69) is 33.4 Å². The lowest BCUT2D eigenvalue weighted by molar-refractivity contribution is 0.0699. The number of hydrogen-bond acceptors (Lipinski definition) is 2. The predicted molar refractivity (Wildman–Crippen MR) is 67.9 cm³/mol. The minimum atomic E-state index is -0.0507. The van der Waals surface area contributed by atoms with Gasteiger partial charge in [-0.1, -0.05) is 32.9 Å². The van der Waals surface area contributed by atoms with Gasteiger partial charge in [0.15, 0.2) is 0 Å². The van der Waals surface area contributed by atoms with Crippen molar-refractivity contribution in [2.45, 2.75) is 39.7 Å². The second-order valence-electron chi connectivity index (χ2n) is 5.93. The van der Waals surface area contributed by atoms with Crippen molar-refractivity contribution in [2.24, 2.45) is 17.3 Å². The molecule has 0 aromatic heterocycles. The summed E-state index contributed by atoms with van der Waals surface area (Å²) >= 11 is 0. The summed E-state index contributed by atoms with van der Waals surface area (Å²) in [4.78, 5) is 2.02. The first-order valence-corrected chi connectivity index (χ1v) is 6.06. The van der Waals surface area contributed by atoms with Gasteiger partial charge in [0.25, 0.3) is 0 Å². The Morgan fingerprint density at radius 1 is 1.50 bits per heavy atom. The molecule has 0 N–H and O–H groups in total. The Bertz CT molecular complexity index is 309. The van der Waals surface area contributed by atoms with Crippen LogP contribution in [0.4, 0.5) is 0 Å². The van der Waals surface area contributed by atoms with Crippen LogP contribution in [0.3, 0.4) is 0 Å². The summed E-state index contributed by atoms with van der Waals surface area (Å²) in [5, 5.41) is 9.35. The molecular formula is C14H24N2. The quantitative estimate of drug-likeness (QED) is 0.669. The molecule has 16 heavy (non-hydrogen) atoms. The van der Waals surface area contributed by atoms with E-state index in [0.29, 0.717) is 5.92 Å². The maximum absolute atomic E-state index is 9.35. The third-order valence-corrected chi connectivity index (χ3v) is 4.41. The summed E-state index contributed by atoms with van der Waals surface area (Å²) < 4.78 is 0. The minimum Gasteiger partial charge on any atom is -0.294 e. The molecule has 0 amide bonds. The fourth-order valence-corrected chi connectivity index (χ4v) is 2.88. The lowest BCUT2D eigenvalue weighted by Gasteiger charge is -2.48. The number of rotatable bonds is 2. The number of hydrogen-bond donors (Lipinski definition) is 0. The van der Waals surface area contributed by atoms with Crippen LogP contribution in [-0.4, -0.2) is 25.0 Å². The van der Waals surface area contributed by atoms with Crippen LogP contribution < -0.4 is 0 Å². The van der Waals surface area contributed by atoms with Gasteiger partial charge in [0.2, 0.25) is 0 Å². The fraction of sp³-hybridized carbons (Fsp3) is 0.786. The Kier molecular flexibility index (Phi) is 3.80. The molecule has 0 aromatic carbocycles. The molecule has 0 radical (unpaired) electrons. The zero-order chi connectivity index (χ0) is 12.5. The Morgan fingerprint density at radius 3 is 2.50 bits per heavy atom. The summed E-state index contributed by atoms with van der Waals surface area (Å²) in [7, 11) is 3.97. The summed E-state index contributed by atoms with van der Waals surface area (Å²) in [5.74, 6) is 0.940. The van der Waals surface area contributed by atoms with Crippen LogP contribution in [0.15, 0.2) is 12.2 Å². The molecule has 1 fully saturated rings. The van der Waals surface area contributed by atoms with Crippen LogP contribution >= 0.6 is 0 Å². The summed E-state index contributed by atoms with van der Waals surface area (Å²) in [6, 6.07) is 2.39. The molecule has 0 aromatic rings. The van der Waals surface area contributed by atoms with Gasteiger partial charge in [0.05, 0.1) is 6.07 Å². The highest BCUT2D eigenvalue weighted by molar-refractivity contribution is 5.18. The number of nitriles is 1. The molecule has 2 nitrogen and oxygen atoms in total. The lowest BCUT2D eigenvalue weighted by atomic mass is 9.59. The Morgan fingerprint density at radius 2 is 2.06 bits per heavy atom. The maximum atomic E-state index is 9.35. The maximum Gasteiger partial charge on any atom is 0.104 e.